The number of piperidine rings is 1. The van der Waals surface area contributed by atoms with Gasteiger partial charge < -0.3 is 5.11 Å². The molecule has 0 bridgehead atoms. The van der Waals surface area contributed by atoms with Crippen LogP contribution in [0.2, 0.25) is 0 Å². The molecule has 0 amide bonds. The van der Waals surface area contributed by atoms with E-state index < -0.39 is 5.51 Å². The van der Waals surface area contributed by atoms with Crippen LogP contribution in [0.15, 0.2) is 0 Å². The third-order valence-corrected chi connectivity index (χ3v) is 3.72. The summed E-state index contributed by atoms with van der Waals surface area (Å²) in [6, 6.07) is 0.248. The second-order valence-electron chi connectivity index (χ2n) is 4.56. The molecule has 1 N–H and O–H groups in total. The topological polar surface area (TPSA) is 23.5 Å². The molecule has 6 heteroatoms. The molecule has 0 aromatic carbocycles. The quantitative estimate of drug-likeness (QED) is 0.831. The monoisotopic (exact) mass is 271 g/mol. The Morgan fingerprint density at radius 2 is 2.12 bits per heavy atom. The van der Waals surface area contributed by atoms with Gasteiger partial charge in [0.05, 0.1) is 6.10 Å². The molecule has 0 radical (unpaired) electrons. The minimum atomic E-state index is -4.13. The maximum Gasteiger partial charge on any atom is 0.441 e. The van der Waals surface area contributed by atoms with Crippen LogP contribution in [0.25, 0.3) is 0 Å². The van der Waals surface area contributed by atoms with Gasteiger partial charge in [0.25, 0.3) is 0 Å². The van der Waals surface area contributed by atoms with Crippen LogP contribution < -0.4 is 0 Å². The van der Waals surface area contributed by atoms with Crippen LogP contribution in [0.4, 0.5) is 13.2 Å². The van der Waals surface area contributed by atoms with Crippen LogP contribution in [0.1, 0.15) is 32.6 Å². The van der Waals surface area contributed by atoms with E-state index >= 15 is 0 Å². The van der Waals surface area contributed by atoms with Crippen molar-refractivity contribution >= 4 is 11.8 Å². The fraction of sp³-hybridized carbons (Fsp3) is 1.00. The summed E-state index contributed by atoms with van der Waals surface area (Å²) in [6.45, 7) is 3.05. The first kappa shape index (κ1) is 15.1. The second kappa shape index (κ2) is 6.85. The Balaban J connectivity index is 2.32. The van der Waals surface area contributed by atoms with Gasteiger partial charge in [-0.3, -0.25) is 4.90 Å². The van der Waals surface area contributed by atoms with Crippen molar-refractivity contribution in [2.24, 2.45) is 0 Å². The lowest BCUT2D eigenvalue weighted by atomic mass is 9.97. The molecular weight excluding hydrogens is 251 g/mol. The van der Waals surface area contributed by atoms with E-state index in [4.69, 9.17) is 0 Å². The Kier molecular flexibility index (Phi) is 6.09. The Morgan fingerprint density at radius 1 is 1.41 bits per heavy atom. The van der Waals surface area contributed by atoms with Crippen LogP contribution in [-0.4, -0.2) is 46.5 Å². The summed E-state index contributed by atoms with van der Waals surface area (Å²) < 4.78 is 36.1. The number of hydrogen-bond donors (Lipinski definition) is 1. The molecular formula is C11H20F3NOS. The molecule has 1 saturated heterocycles. The Morgan fingerprint density at radius 3 is 2.71 bits per heavy atom. The van der Waals surface area contributed by atoms with Crippen molar-refractivity contribution in [3.8, 4) is 0 Å². The van der Waals surface area contributed by atoms with Crippen molar-refractivity contribution in [2.75, 3.05) is 18.8 Å². The van der Waals surface area contributed by atoms with Crippen LogP contribution in [-0.2, 0) is 0 Å². The van der Waals surface area contributed by atoms with Gasteiger partial charge in [0.1, 0.15) is 0 Å². The zero-order valence-corrected chi connectivity index (χ0v) is 10.9. The van der Waals surface area contributed by atoms with Crippen molar-refractivity contribution < 1.29 is 18.3 Å². The lowest BCUT2D eigenvalue weighted by molar-refractivity contribution is -0.0330. The zero-order chi connectivity index (χ0) is 12.9. The van der Waals surface area contributed by atoms with Gasteiger partial charge >= 0.3 is 5.51 Å². The number of nitrogens with zero attached hydrogens (tertiary/aromatic N) is 1. The van der Waals surface area contributed by atoms with E-state index in [1.54, 1.807) is 6.92 Å². The van der Waals surface area contributed by atoms with Gasteiger partial charge in [-0.1, -0.05) is 6.42 Å². The Labute approximate surface area is 105 Å². The van der Waals surface area contributed by atoms with E-state index in [-0.39, 0.29) is 29.7 Å². The number of thioether (sulfide) groups is 1. The first-order chi connectivity index (χ1) is 7.88. The smallest absolute Gasteiger partial charge is 0.393 e. The predicted octanol–water partition coefficient (Wildman–Crippen LogP) is 2.86. The van der Waals surface area contributed by atoms with Crippen molar-refractivity contribution in [2.45, 2.75) is 50.3 Å². The molecule has 17 heavy (non-hydrogen) atoms. The van der Waals surface area contributed by atoms with Gasteiger partial charge in [-0.05, 0) is 44.5 Å². The summed E-state index contributed by atoms with van der Waals surface area (Å²) in [4.78, 5) is 2.09. The summed E-state index contributed by atoms with van der Waals surface area (Å²) in [5, 5.41) is 9.37. The van der Waals surface area contributed by atoms with Crippen molar-refractivity contribution in [3.63, 3.8) is 0 Å². The highest BCUT2D eigenvalue weighted by Crippen LogP contribution is 2.30. The van der Waals surface area contributed by atoms with E-state index in [1.807, 2.05) is 0 Å². The van der Waals surface area contributed by atoms with Crippen LogP contribution >= 0.6 is 11.8 Å². The molecule has 2 unspecified atom stereocenters. The lowest BCUT2D eigenvalue weighted by Gasteiger charge is -2.36. The van der Waals surface area contributed by atoms with Gasteiger partial charge in [0.15, 0.2) is 0 Å². The SMILES string of the molecule is CC(O)CC1CCCCN1CCSC(F)(F)F. The van der Waals surface area contributed by atoms with Crippen molar-refractivity contribution in [1.82, 2.24) is 4.90 Å². The molecule has 2 nitrogen and oxygen atoms in total. The van der Waals surface area contributed by atoms with Gasteiger partial charge in [-0.25, -0.2) is 0 Å². The highest BCUT2D eigenvalue weighted by atomic mass is 32.2. The lowest BCUT2D eigenvalue weighted by Crippen LogP contribution is -2.42. The minimum absolute atomic E-state index is 0.0440. The van der Waals surface area contributed by atoms with E-state index in [2.05, 4.69) is 4.90 Å². The van der Waals surface area contributed by atoms with Crippen molar-refractivity contribution in [3.05, 3.63) is 0 Å². The van der Waals surface area contributed by atoms with Gasteiger partial charge in [0.2, 0.25) is 0 Å². The number of likely N-dealkylation sites (tertiary alicyclic amines) is 1. The summed E-state index contributed by atoms with van der Waals surface area (Å²) in [7, 11) is 0. The van der Waals surface area contributed by atoms with Gasteiger partial charge in [-0.2, -0.15) is 13.2 Å². The van der Waals surface area contributed by atoms with E-state index in [0.717, 1.165) is 25.8 Å². The number of halogens is 3. The number of aliphatic hydroxyl groups is 1. The highest BCUT2D eigenvalue weighted by molar-refractivity contribution is 8.00. The molecule has 1 heterocycles. The molecule has 102 valence electrons. The van der Waals surface area contributed by atoms with Crippen LogP contribution in [0.5, 0.6) is 0 Å². The minimum Gasteiger partial charge on any atom is -0.393 e. The molecule has 0 aromatic heterocycles. The average molecular weight is 271 g/mol. The predicted molar refractivity (Wildman–Crippen MR) is 64.0 cm³/mol. The number of alkyl halides is 3. The van der Waals surface area contributed by atoms with E-state index in [9.17, 15) is 18.3 Å². The van der Waals surface area contributed by atoms with Crippen LogP contribution in [0, 0.1) is 0 Å². The first-order valence-electron chi connectivity index (χ1n) is 6.01. The number of rotatable bonds is 5. The standard InChI is InChI=1S/C11H20F3NOS/c1-9(16)8-10-4-2-3-5-15(10)6-7-17-11(12,13)14/h9-10,16H,2-8H2,1H3. The first-order valence-corrected chi connectivity index (χ1v) is 7.00. The fourth-order valence-electron chi connectivity index (χ4n) is 2.29. The van der Waals surface area contributed by atoms with Gasteiger partial charge in [0, 0.05) is 18.3 Å². The molecule has 1 fully saturated rings. The second-order valence-corrected chi connectivity index (χ2v) is 5.72. The number of aliphatic hydroxyl groups excluding tert-OH is 1. The van der Waals surface area contributed by atoms with Crippen molar-refractivity contribution in [1.29, 1.82) is 0 Å². The molecule has 1 aliphatic rings. The maximum absolute atomic E-state index is 12.0. The Hall–Kier alpha value is 0.0600. The Bertz CT molecular complexity index is 223. The van der Waals surface area contributed by atoms with E-state index in [0.29, 0.717) is 13.0 Å². The van der Waals surface area contributed by atoms with Gasteiger partial charge in [-0.15, -0.1) is 0 Å². The molecule has 1 aliphatic heterocycles. The molecule has 2 atom stereocenters. The fourth-order valence-corrected chi connectivity index (χ4v) is 2.85. The third kappa shape index (κ3) is 6.52. The highest BCUT2D eigenvalue weighted by Gasteiger charge is 2.29. The molecule has 0 saturated carbocycles. The summed E-state index contributed by atoms with van der Waals surface area (Å²) in [5.74, 6) is 0.0831. The summed E-state index contributed by atoms with van der Waals surface area (Å²) >= 11 is 0.0440. The molecule has 0 aromatic rings. The molecule has 0 spiro atoms. The average Bonchev–Trinajstić information content (AvgIpc) is 2.18. The van der Waals surface area contributed by atoms with E-state index in [1.165, 1.54) is 0 Å². The molecule has 1 rings (SSSR count). The molecule has 0 aliphatic carbocycles. The maximum atomic E-state index is 12.0. The largest absolute Gasteiger partial charge is 0.441 e. The third-order valence-electron chi connectivity index (χ3n) is 3.01. The zero-order valence-electron chi connectivity index (χ0n) is 10.0. The summed E-state index contributed by atoms with van der Waals surface area (Å²) in [5.41, 5.74) is -4.13. The van der Waals surface area contributed by atoms with Crippen LogP contribution in [0.3, 0.4) is 0 Å². The summed E-state index contributed by atoms with van der Waals surface area (Å²) in [6.07, 6.45) is 3.43. The normalized spacial score (nSPS) is 24.9. The number of hydrogen-bond acceptors (Lipinski definition) is 3.